The van der Waals surface area contributed by atoms with E-state index in [4.69, 9.17) is 19.7 Å². The van der Waals surface area contributed by atoms with Gasteiger partial charge < -0.3 is 9.26 Å². The molecule has 0 aliphatic rings. The van der Waals surface area contributed by atoms with Gasteiger partial charge >= 0.3 is 0 Å². The third kappa shape index (κ3) is 3.95. The largest absolute Gasteiger partial charge is 0.486 e. The first-order chi connectivity index (χ1) is 9.89. The molecule has 110 valence electrons. The Morgan fingerprint density at radius 1 is 1.52 bits per heavy atom. The summed E-state index contributed by atoms with van der Waals surface area (Å²) >= 11 is 0. The van der Waals surface area contributed by atoms with Gasteiger partial charge in [0, 0.05) is 6.07 Å². The van der Waals surface area contributed by atoms with Crippen LogP contribution >= 0.6 is 0 Å². The molecule has 0 amide bonds. The smallest absolute Gasteiger partial charge is 0.296 e. The number of nitriles is 1. The van der Waals surface area contributed by atoms with Crippen LogP contribution in [-0.4, -0.2) is 13.6 Å². The highest BCUT2D eigenvalue weighted by molar-refractivity contribution is 7.90. The lowest BCUT2D eigenvalue weighted by Crippen LogP contribution is -2.22. The fourth-order valence-corrected chi connectivity index (χ4v) is 2.12. The molecular formula is C12H12N4O4S. The molecule has 0 unspecified atom stereocenters. The van der Waals surface area contributed by atoms with E-state index >= 15 is 0 Å². The number of aromatic nitrogens is 1. The summed E-state index contributed by atoms with van der Waals surface area (Å²) in [4.78, 5) is 0. The van der Waals surface area contributed by atoms with E-state index in [1.54, 1.807) is 19.1 Å². The summed E-state index contributed by atoms with van der Waals surface area (Å²) in [7, 11) is -3.97. The van der Waals surface area contributed by atoms with Gasteiger partial charge in [0.2, 0.25) is 0 Å². The Morgan fingerprint density at radius 3 is 2.86 bits per heavy atom. The monoisotopic (exact) mass is 308 g/mol. The number of rotatable bonds is 5. The van der Waals surface area contributed by atoms with Gasteiger partial charge in [0.25, 0.3) is 10.2 Å². The molecule has 0 fully saturated rings. The van der Waals surface area contributed by atoms with Crippen LogP contribution in [0.4, 0.5) is 5.69 Å². The number of benzene rings is 1. The minimum absolute atomic E-state index is 0.0340. The first kappa shape index (κ1) is 14.8. The maximum absolute atomic E-state index is 11.1. The zero-order chi connectivity index (χ0) is 15.5. The van der Waals surface area contributed by atoms with Crippen LogP contribution in [0, 0.1) is 18.3 Å². The van der Waals surface area contributed by atoms with E-state index in [0.29, 0.717) is 11.5 Å². The van der Waals surface area contributed by atoms with Crippen molar-refractivity contribution in [3.63, 3.8) is 0 Å². The molecule has 0 saturated carbocycles. The average Bonchev–Trinajstić information content (AvgIpc) is 2.80. The fraction of sp³-hybridized carbons (Fsp3) is 0.167. The minimum atomic E-state index is -3.97. The Balaban J connectivity index is 2.23. The normalized spacial score (nSPS) is 10.9. The maximum Gasteiger partial charge on any atom is 0.296 e. The lowest BCUT2D eigenvalue weighted by molar-refractivity contribution is 0.287. The number of hydrogen-bond donors (Lipinski definition) is 2. The first-order valence-corrected chi connectivity index (χ1v) is 7.32. The SMILES string of the molecule is Cc1cc(COc2cccc(NS(N)(=O)=O)c2C#N)no1. The molecule has 21 heavy (non-hydrogen) atoms. The van der Waals surface area contributed by atoms with E-state index in [9.17, 15) is 8.42 Å². The lowest BCUT2D eigenvalue weighted by atomic mass is 10.2. The zero-order valence-electron chi connectivity index (χ0n) is 11.0. The van der Waals surface area contributed by atoms with Gasteiger partial charge in [-0.05, 0) is 19.1 Å². The van der Waals surface area contributed by atoms with Crippen molar-refractivity contribution < 1.29 is 17.7 Å². The summed E-state index contributed by atoms with van der Waals surface area (Å²) in [6.07, 6.45) is 0. The van der Waals surface area contributed by atoms with Crippen LogP contribution < -0.4 is 14.6 Å². The molecule has 0 aliphatic heterocycles. The standard InChI is InChI=1S/C12H12N4O4S/c1-8-5-9(15-20-8)7-19-12-4-2-3-11(10(12)6-13)16-21(14,17)18/h2-5,16H,7H2,1H3,(H2,14,17,18). The van der Waals surface area contributed by atoms with E-state index in [-0.39, 0.29) is 23.6 Å². The molecule has 0 spiro atoms. The molecule has 1 aromatic carbocycles. The second-order valence-corrected chi connectivity index (χ2v) is 5.45. The van der Waals surface area contributed by atoms with E-state index in [1.165, 1.54) is 12.1 Å². The summed E-state index contributed by atoms with van der Waals surface area (Å²) in [6, 6.07) is 8.06. The van der Waals surface area contributed by atoms with Crippen LogP contribution in [0.5, 0.6) is 5.75 Å². The van der Waals surface area contributed by atoms with Gasteiger partial charge in [-0.1, -0.05) is 11.2 Å². The molecule has 9 heteroatoms. The molecular weight excluding hydrogens is 296 g/mol. The summed E-state index contributed by atoms with van der Waals surface area (Å²) in [5, 5.41) is 17.8. The molecule has 0 bridgehead atoms. The third-order valence-corrected chi connectivity index (χ3v) is 2.95. The summed E-state index contributed by atoms with van der Waals surface area (Å²) in [5.41, 5.74) is 0.641. The highest BCUT2D eigenvalue weighted by Crippen LogP contribution is 2.26. The van der Waals surface area contributed by atoms with Crippen molar-refractivity contribution in [2.24, 2.45) is 5.14 Å². The predicted octanol–water partition coefficient (Wildman–Crippen LogP) is 1.05. The van der Waals surface area contributed by atoms with Gasteiger partial charge in [-0.25, -0.2) is 5.14 Å². The number of aryl methyl sites for hydroxylation is 1. The fourth-order valence-electron chi connectivity index (χ4n) is 1.64. The van der Waals surface area contributed by atoms with Crippen LogP contribution in [0.15, 0.2) is 28.8 Å². The number of nitrogens with one attached hydrogen (secondary N) is 1. The quantitative estimate of drug-likeness (QED) is 0.848. The summed E-state index contributed by atoms with van der Waals surface area (Å²) in [6.45, 7) is 1.83. The van der Waals surface area contributed by atoms with Crippen LogP contribution in [0.25, 0.3) is 0 Å². The van der Waals surface area contributed by atoms with Crippen molar-refractivity contribution in [3.8, 4) is 11.8 Å². The van der Waals surface area contributed by atoms with Crippen molar-refractivity contribution >= 4 is 15.9 Å². The van der Waals surface area contributed by atoms with Crippen molar-refractivity contribution in [1.82, 2.24) is 5.16 Å². The van der Waals surface area contributed by atoms with Crippen LogP contribution in [0.2, 0.25) is 0 Å². The zero-order valence-corrected chi connectivity index (χ0v) is 11.8. The van der Waals surface area contributed by atoms with Gasteiger partial charge in [0.15, 0.2) is 0 Å². The molecule has 0 saturated heterocycles. The van der Waals surface area contributed by atoms with Gasteiger partial charge in [-0.2, -0.15) is 13.7 Å². The molecule has 2 aromatic rings. The van der Waals surface area contributed by atoms with E-state index in [2.05, 4.69) is 9.88 Å². The molecule has 0 aliphatic carbocycles. The Kier molecular flexibility index (Phi) is 4.11. The number of anilines is 1. The first-order valence-electron chi connectivity index (χ1n) is 5.77. The van der Waals surface area contributed by atoms with Crippen molar-refractivity contribution in [1.29, 1.82) is 5.26 Å². The molecule has 8 nitrogen and oxygen atoms in total. The number of hydrogen-bond acceptors (Lipinski definition) is 6. The molecule has 0 radical (unpaired) electrons. The Labute approximate surface area is 121 Å². The maximum atomic E-state index is 11.1. The summed E-state index contributed by atoms with van der Waals surface area (Å²) < 4.78 is 34.5. The van der Waals surface area contributed by atoms with Crippen LogP contribution in [0.3, 0.4) is 0 Å². The number of nitrogens with two attached hydrogens (primary N) is 1. The Bertz CT molecular complexity index is 792. The van der Waals surface area contributed by atoms with Gasteiger partial charge in [0.05, 0.1) is 5.69 Å². The second kappa shape index (κ2) is 5.82. The minimum Gasteiger partial charge on any atom is -0.486 e. The van der Waals surface area contributed by atoms with Crippen LogP contribution in [0.1, 0.15) is 17.0 Å². The molecule has 1 heterocycles. The number of ether oxygens (including phenoxy) is 1. The van der Waals surface area contributed by atoms with E-state index < -0.39 is 10.2 Å². The van der Waals surface area contributed by atoms with E-state index in [1.807, 2.05) is 6.07 Å². The van der Waals surface area contributed by atoms with Gasteiger partial charge in [0.1, 0.15) is 35.4 Å². The molecule has 1 aromatic heterocycles. The summed E-state index contributed by atoms with van der Waals surface area (Å²) in [5.74, 6) is 0.852. The highest BCUT2D eigenvalue weighted by atomic mass is 32.2. The van der Waals surface area contributed by atoms with Gasteiger partial charge in [-0.3, -0.25) is 4.72 Å². The van der Waals surface area contributed by atoms with E-state index in [0.717, 1.165) is 0 Å². The Morgan fingerprint density at radius 2 is 2.29 bits per heavy atom. The Hall–Kier alpha value is -2.57. The molecule has 2 rings (SSSR count). The predicted molar refractivity (Wildman–Crippen MR) is 73.5 cm³/mol. The van der Waals surface area contributed by atoms with Crippen molar-refractivity contribution in [2.45, 2.75) is 13.5 Å². The average molecular weight is 308 g/mol. The van der Waals surface area contributed by atoms with Crippen molar-refractivity contribution in [2.75, 3.05) is 4.72 Å². The lowest BCUT2D eigenvalue weighted by Gasteiger charge is -2.10. The van der Waals surface area contributed by atoms with Crippen molar-refractivity contribution in [3.05, 3.63) is 41.3 Å². The molecule has 3 N–H and O–H groups in total. The van der Waals surface area contributed by atoms with Gasteiger partial charge in [-0.15, -0.1) is 0 Å². The topological polar surface area (TPSA) is 131 Å². The van der Waals surface area contributed by atoms with Crippen LogP contribution in [-0.2, 0) is 16.8 Å². The third-order valence-electron chi connectivity index (χ3n) is 2.44. The second-order valence-electron chi connectivity index (χ2n) is 4.16. The highest BCUT2D eigenvalue weighted by Gasteiger charge is 2.13. The molecule has 0 atom stereocenters. The number of nitrogens with zero attached hydrogens (tertiary/aromatic N) is 2.